The zero-order chi connectivity index (χ0) is 17.9. The predicted molar refractivity (Wildman–Crippen MR) is 85.1 cm³/mol. The van der Waals surface area contributed by atoms with Gasteiger partial charge in [0.2, 0.25) is 5.91 Å². The van der Waals surface area contributed by atoms with Crippen LogP contribution in [-0.2, 0) is 14.4 Å². The van der Waals surface area contributed by atoms with Crippen molar-refractivity contribution in [3.8, 4) is 0 Å². The van der Waals surface area contributed by atoms with Crippen LogP contribution in [0.2, 0.25) is 0 Å². The Labute approximate surface area is 138 Å². The van der Waals surface area contributed by atoms with E-state index in [-0.39, 0.29) is 23.2 Å². The molecular formula is C16H18N2O6. The summed E-state index contributed by atoms with van der Waals surface area (Å²) in [6, 6.07) is 4.07. The number of hydrogen-bond acceptors (Lipinski definition) is 4. The molecular weight excluding hydrogens is 316 g/mol. The van der Waals surface area contributed by atoms with Crippen LogP contribution in [0.4, 0.5) is 11.4 Å². The fourth-order valence-electron chi connectivity index (χ4n) is 2.96. The minimum Gasteiger partial charge on any atom is -0.478 e. The van der Waals surface area contributed by atoms with Crippen LogP contribution in [0.3, 0.4) is 0 Å². The fraction of sp³-hybridized carbons (Fsp3) is 0.375. The van der Waals surface area contributed by atoms with E-state index in [1.807, 2.05) is 0 Å². The Kier molecular flexibility index (Phi) is 5.18. The Balaban J connectivity index is 2.43. The van der Waals surface area contributed by atoms with Crippen LogP contribution in [0.1, 0.15) is 43.0 Å². The molecule has 0 radical (unpaired) electrons. The summed E-state index contributed by atoms with van der Waals surface area (Å²) in [6.07, 6.45) is 3.70. The molecule has 0 atom stereocenters. The molecule has 0 spiro atoms. The topological polar surface area (TPSA) is 124 Å². The SMILES string of the molecule is CC(=O)N(c1ccc(C(=O)O)c(NC(=O)C(=O)O)c1)C1CCCC1. The van der Waals surface area contributed by atoms with Crippen molar-refractivity contribution in [2.45, 2.75) is 38.6 Å². The lowest BCUT2D eigenvalue weighted by atomic mass is 10.1. The Bertz CT molecular complexity index is 694. The van der Waals surface area contributed by atoms with Gasteiger partial charge < -0.3 is 20.4 Å². The Morgan fingerprint density at radius 3 is 2.25 bits per heavy atom. The molecule has 1 saturated carbocycles. The third-order valence-electron chi connectivity index (χ3n) is 3.98. The first-order valence-electron chi connectivity index (χ1n) is 7.52. The summed E-state index contributed by atoms with van der Waals surface area (Å²) in [5.41, 5.74) is 0.0278. The van der Waals surface area contributed by atoms with Gasteiger partial charge in [0.15, 0.2) is 0 Å². The number of anilines is 2. The average Bonchev–Trinajstić information content (AvgIpc) is 3.00. The van der Waals surface area contributed by atoms with Crippen molar-refractivity contribution in [2.24, 2.45) is 0 Å². The quantitative estimate of drug-likeness (QED) is 0.720. The van der Waals surface area contributed by atoms with Crippen molar-refractivity contribution in [3.63, 3.8) is 0 Å². The third kappa shape index (κ3) is 3.70. The number of rotatable bonds is 4. The minimum absolute atomic E-state index is 0.0150. The van der Waals surface area contributed by atoms with Crippen molar-refractivity contribution in [3.05, 3.63) is 23.8 Å². The van der Waals surface area contributed by atoms with Crippen LogP contribution in [0, 0.1) is 0 Å². The summed E-state index contributed by atoms with van der Waals surface area (Å²) in [6.45, 7) is 1.42. The molecule has 1 aliphatic rings. The maximum Gasteiger partial charge on any atom is 0.394 e. The number of carboxylic acid groups (broad SMARTS) is 2. The highest BCUT2D eigenvalue weighted by molar-refractivity contribution is 6.36. The fourth-order valence-corrected chi connectivity index (χ4v) is 2.96. The number of amides is 2. The van der Waals surface area contributed by atoms with Crippen molar-refractivity contribution in [1.29, 1.82) is 0 Å². The van der Waals surface area contributed by atoms with E-state index in [4.69, 9.17) is 5.11 Å². The number of benzene rings is 1. The van der Waals surface area contributed by atoms with Crippen LogP contribution in [0.25, 0.3) is 0 Å². The van der Waals surface area contributed by atoms with Gasteiger partial charge in [-0.15, -0.1) is 0 Å². The molecule has 0 bridgehead atoms. The molecule has 0 unspecified atom stereocenters. The van der Waals surface area contributed by atoms with Gasteiger partial charge >= 0.3 is 17.8 Å². The normalized spacial score (nSPS) is 14.2. The second-order valence-corrected chi connectivity index (χ2v) is 5.62. The Morgan fingerprint density at radius 1 is 1.12 bits per heavy atom. The summed E-state index contributed by atoms with van der Waals surface area (Å²) >= 11 is 0. The van der Waals surface area contributed by atoms with Gasteiger partial charge in [-0.3, -0.25) is 9.59 Å². The molecule has 2 amide bonds. The molecule has 0 heterocycles. The summed E-state index contributed by atoms with van der Waals surface area (Å²) in [4.78, 5) is 46.9. The molecule has 128 valence electrons. The lowest BCUT2D eigenvalue weighted by molar-refractivity contribution is -0.147. The molecule has 3 N–H and O–H groups in total. The number of aliphatic carboxylic acids is 1. The van der Waals surface area contributed by atoms with Gasteiger partial charge in [-0.05, 0) is 31.0 Å². The lowest BCUT2D eigenvalue weighted by Crippen LogP contribution is -2.37. The van der Waals surface area contributed by atoms with E-state index in [1.54, 1.807) is 4.90 Å². The number of carbonyl (C=O) groups excluding carboxylic acids is 2. The van der Waals surface area contributed by atoms with Gasteiger partial charge in [0.1, 0.15) is 0 Å². The second kappa shape index (κ2) is 7.12. The zero-order valence-corrected chi connectivity index (χ0v) is 13.1. The van der Waals surface area contributed by atoms with E-state index in [0.717, 1.165) is 25.7 Å². The van der Waals surface area contributed by atoms with Crippen LogP contribution in [-0.4, -0.2) is 40.0 Å². The molecule has 0 saturated heterocycles. The highest BCUT2D eigenvalue weighted by atomic mass is 16.4. The molecule has 2 rings (SSSR count). The van der Waals surface area contributed by atoms with Crippen LogP contribution >= 0.6 is 0 Å². The Hall–Kier alpha value is -2.90. The summed E-state index contributed by atoms with van der Waals surface area (Å²) < 4.78 is 0. The first-order chi connectivity index (χ1) is 11.3. The van der Waals surface area contributed by atoms with E-state index >= 15 is 0 Å². The second-order valence-electron chi connectivity index (χ2n) is 5.62. The number of aromatic carboxylic acids is 1. The zero-order valence-electron chi connectivity index (χ0n) is 13.1. The van der Waals surface area contributed by atoms with E-state index in [2.05, 4.69) is 5.32 Å². The molecule has 1 aromatic carbocycles. The molecule has 1 fully saturated rings. The van der Waals surface area contributed by atoms with E-state index in [9.17, 15) is 24.3 Å². The first kappa shape index (κ1) is 17.5. The number of hydrogen-bond donors (Lipinski definition) is 3. The van der Waals surface area contributed by atoms with Crippen molar-refractivity contribution in [1.82, 2.24) is 0 Å². The lowest BCUT2D eigenvalue weighted by Gasteiger charge is -2.28. The van der Waals surface area contributed by atoms with Gasteiger partial charge in [-0.2, -0.15) is 0 Å². The number of nitrogens with one attached hydrogen (secondary N) is 1. The van der Waals surface area contributed by atoms with Gasteiger partial charge in [-0.25, -0.2) is 9.59 Å². The number of carboxylic acids is 2. The summed E-state index contributed by atoms with van der Waals surface area (Å²) in [5.74, 6) is -4.57. The van der Waals surface area contributed by atoms with Crippen molar-refractivity contribution >= 4 is 35.1 Å². The molecule has 1 aliphatic carbocycles. The van der Waals surface area contributed by atoms with Crippen molar-refractivity contribution < 1.29 is 29.4 Å². The maximum atomic E-state index is 12.0. The van der Waals surface area contributed by atoms with Gasteiger partial charge in [0, 0.05) is 18.7 Å². The van der Waals surface area contributed by atoms with E-state index in [0.29, 0.717) is 5.69 Å². The van der Waals surface area contributed by atoms with Crippen molar-refractivity contribution in [2.75, 3.05) is 10.2 Å². The molecule has 0 aliphatic heterocycles. The molecule has 1 aromatic rings. The third-order valence-corrected chi connectivity index (χ3v) is 3.98. The largest absolute Gasteiger partial charge is 0.478 e. The van der Waals surface area contributed by atoms with Crippen LogP contribution < -0.4 is 10.2 Å². The molecule has 0 aromatic heterocycles. The highest BCUT2D eigenvalue weighted by Gasteiger charge is 2.27. The van der Waals surface area contributed by atoms with Gasteiger partial charge in [0.05, 0.1) is 11.3 Å². The van der Waals surface area contributed by atoms with E-state index < -0.39 is 17.8 Å². The average molecular weight is 334 g/mol. The van der Waals surface area contributed by atoms with Gasteiger partial charge in [0.25, 0.3) is 0 Å². The number of carbonyl (C=O) groups is 4. The van der Waals surface area contributed by atoms with E-state index in [1.165, 1.54) is 25.1 Å². The summed E-state index contributed by atoms with van der Waals surface area (Å²) in [7, 11) is 0. The van der Waals surface area contributed by atoms with Gasteiger partial charge in [-0.1, -0.05) is 12.8 Å². The summed E-state index contributed by atoms with van der Waals surface area (Å²) in [5, 5.41) is 19.9. The standard InChI is InChI=1S/C16H18N2O6/c1-9(19)18(10-4-2-3-5-10)11-6-7-12(15(21)22)13(8-11)17-14(20)16(23)24/h6-8,10H,2-5H2,1H3,(H,17,20)(H,21,22)(H,23,24). The smallest absolute Gasteiger partial charge is 0.394 e. The van der Waals surface area contributed by atoms with Crippen LogP contribution in [0.5, 0.6) is 0 Å². The maximum absolute atomic E-state index is 12.0. The molecule has 8 nitrogen and oxygen atoms in total. The monoisotopic (exact) mass is 334 g/mol. The predicted octanol–water partition coefficient (Wildman–Crippen LogP) is 1.70. The van der Waals surface area contributed by atoms with Crippen LogP contribution in [0.15, 0.2) is 18.2 Å². The highest BCUT2D eigenvalue weighted by Crippen LogP contribution is 2.31. The molecule has 24 heavy (non-hydrogen) atoms. The number of nitrogens with zero attached hydrogens (tertiary/aromatic N) is 1. The Morgan fingerprint density at radius 2 is 1.75 bits per heavy atom. The first-order valence-corrected chi connectivity index (χ1v) is 7.52. The minimum atomic E-state index is -1.73. The molecule has 8 heteroatoms.